The van der Waals surface area contributed by atoms with E-state index in [4.69, 9.17) is 0 Å². The molecule has 0 N–H and O–H groups in total. The maximum absolute atomic E-state index is 12.8. The number of benzene rings is 2. The Kier molecular flexibility index (Phi) is 5.26. The smallest absolute Gasteiger partial charge is 0.387 e. The number of para-hydroxylation sites is 1. The summed E-state index contributed by atoms with van der Waals surface area (Å²) in [6, 6.07) is 15.6. The van der Waals surface area contributed by atoms with Gasteiger partial charge in [-0.3, -0.25) is 9.36 Å². The van der Waals surface area contributed by atoms with Crippen LogP contribution in [-0.4, -0.2) is 34.0 Å². The molecular formula is C19H17F2N3O2. The van der Waals surface area contributed by atoms with E-state index in [0.717, 1.165) is 11.3 Å². The number of hydrogen-bond donors (Lipinski definition) is 0. The number of carbonyl (C=O) groups excluding carboxylic acids is 1. The Bertz CT molecular complexity index is 864. The molecule has 0 bridgehead atoms. The predicted octanol–water partition coefficient (Wildman–Crippen LogP) is 3.75. The standard InChI is InChI=1S/C19H17F2N3O2/c1-23(12-14-7-9-16(10-8-14)26-19(20)21)18(25)17-11-22-13-24(17)15-5-3-2-4-6-15/h2-11,13,19H,12H2,1H3. The van der Waals surface area contributed by atoms with Crippen molar-refractivity contribution in [3.63, 3.8) is 0 Å². The number of amides is 1. The molecule has 0 aliphatic carbocycles. The van der Waals surface area contributed by atoms with Crippen molar-refractivity contribution in [3.8, 4) is 11.4 Å². The van der Waals surface area contributed by atoms with E-state index < -0.39 is 6.61 Å². The summed E-state index contributed by atoms with van der Waals surface area (Å²) in [7, 11) is 1.67. The van der Waals surface area contributed by atoms with Gasteiger partial charge in [-0.15, -0.1) is 0 Å². The molecule has 0 saturated heterocycles. The fraction of sp³-hybridized carbons (Fsp3) is 0.158. The number of ether oxygens (including phenoxy) is 1. The van der Waals surface area contributed by atoms with Gasteiger partial charge in [-0.05, 0) is 29.8 Å². The number of rotatable bonds is 6. The third-order valence-electron chi connectivity index (χ3n) is 3.81. The summed E-state index contributed by atoms with van der Waals surface area (Å²) < 4.78 is 30.4. The van der Waals surface area contributed by atoms with E-state index in [1.807, 2.05) is 30.3 Å². The van der Waals surface area contributed by atoms with Gasteiger partial charge in [0.05, 0.1) is 12.5 Å². The number of alkyl halides is 2. The predicted molar refractivity (Wildman–Crippen MR) is 92.4 cm³/mol. The minimum Gasteiger partial charge on any atom is -0.435 e. The fourth-order valence-electron chi connectivity index (χ4n) is 2.57. The number of aromatic nitrogens is 2. The molecule has 1 heterocycles. The van der Waals surface area contributed by atoms with Gasteiger partial charge >= 0.3 is 6.61 Å². The molecule has 0 aliphatic rings. The molecule has 0 radical (unpaired) electrons. The SMILES string of the molecule is CN(Cc1ccc(OC(F)F)cc1)C(=O)c1cncn1-c1ccccc1. The van der Waals surface area contributed by atoms with Gasteiger partial charge in [0, 0.05) is 19.3 Å². The summed E-state index contributed by atoms with van der Waals surface area (Å²) in [6.45, 7) is -2.53. The van der Waals surface area contributed by atoms with Crippen molar-refractivity contribution in [1.29, 1.82) is 0 Å². The van der Waals surface area contributed by atoms with Crippen LogP contribution in [0.1, 0.15) is 16.1 Å². The van der Waals surface area contributed by atoms with Crippen molar-refractivity contribution in [3.05, 3.63) is 78.4 Å². The van der Waals surface area contributed by atoms with Crippen LogP contribution in [-0.2, 0) is 6.54 Å². The van der Waals surface area contributed by atoms with Crippen molar-refractivity contribution >= 4 is 5.91 Å². The highest BCUT2D eigenvalue weighted by molar-refractivity contribution is 5.92. The van der Waals surface area contributed by atoms with Crippen LogP contribution in [0.5, 0.6) is 5.75 Å². The van der Waals surface area contributed by atoms with E-state index in [1.165, 1.54) is 18.3 Å². The van der Waals surface area contributed by atoms with Crippen LogP contribution in [0.4, 0.5) is 8.78 Å². The molecule has 7 heteroatoms. The lowest BCUT2D eigenvalue weighted by molar-refractivity contribution is -0.0498. The van der Waals surface area contributed by atoms with Crippen molar-refractivity contribution in [2.75, 3.05) is 7.05 Å². The van der Waals surface area contributed by atoms with E-state index in [-0.39, 0.29) is 11.7 Å². The van der Waals surface area contributed by atoms with Crippen molar-refractivity contribution < 1.29 is 18.3 Å². The van der Waals surface area contributed by atoms with Crippen molar-refractivity contribution in [1.82, 2.24) is 14.5 Å². The minimum atomic E-state index is -2.86. The summed E-state index contributed by atoms with van der Waals surface area (Å²) in [4.78, 5) is 18.4. The summed E-state index contributed by atoms with van der Waals surface area (Å²) >= 11 is 0. The minimum absolute atomic E-state index is 0.0832. The second-order valence-corrected chi connectivity index (χ2v) is 5.67. The van der Waals surface area contributed by atoms with E-state index in [0.29, 0.717) is 12.2 Å². The largest absolute Gasteiger partial charge is 0.435 e. The molecule has 134 valence electrons. The molecule has 0 unspecified atom stereocenters. The first-order valence-corrected chi connectivity index (χ1v) is 7.91. The van der Waals surface area contributed by atoms with Gasteiger partial charge in [0.25, 0.3) is 5.91 Å². The molecule has 2 aromatic carbocycles. The van der Waals surface area contributed by atoms with E-state index >= 15 is 0 Å². The number of imidazole rings is 1. The molecule has 0 atom stereocenters. The quantitative estimate of drug-likeness (QED) is 0.675. The molecule has 26 heavy (non-hydrogen) atoms. The summed E-state index contributed by atoms with van der Waals surface area (Å²) in [6.07, 6.45) is 3.11. The monoisotopic (exact) mass is 357 g/mol. The van der Waals surface area contributed by atoms with Crippen LogP contribution in [0.3, 0.4) is 0 Å². The molecule has 1 aromatic heterocycles. The Morgan fingerprint density at radius 2 is 1.85 bits per heavy atom. The zero-order valence-electron chi connectivity index (χ0n) is 14.0. The van der Waals surface area contributed by atoms with Gasteiger partial charge < -0.3 is 9.64 Å². The number of hydrogen-bond acceptors (Lipinski definition) is 3. The van der Waals surface area contributed by atoms with Crippen LogP contribution >= 0.6 is 0 Å². The lowest BCUT2D eigenvalue weighted by Gasteiger charge is -2.18. The van der Waals surface area contributed by atoms with Crippen molar-refractivity contribution in [2.24, 2.45) is 0 Å². The van der Waals surface area contributed by atoms with Gasteiger partial charge in [-0.1, -0.05) is 30.3 Å². The molecule has 3 aromatic rings. The lowest BCUT2D eigenvalue weighted by Crippen LogP contribution is -2.28. The van der Waals surface area contributed by atoms with Crippen LogP contribution in [0.25, 0.3) is 5.69 Å². The number of nitrogens with zero attached hydrogens (tertiary/aromatic N) is 3. The van der Waals surface area contributed by atoms with Gasteiger partial charge in [0.2, 0.25) is 0 Å². The number of halogens is 2. The zero-order valence-corrected chi connectivity index (χ0v) is 14.0. The molecule has 0 saturated carbocycles. The Labute approximate surface area is 149 Å². The molecule has 0 aliphatic heterocycles. The molecule has 0 spiro atoms. The second kappa shape index (κ2) is 7.77. The highest BCUT2D eigenvalue weighted by Gasteiger charge is 2.17. The van der Waals surface area contributed by atoms with Crippen LogP contribution in [0, 0.1) is 0 Å². The maximum Gasteiger partial charge on any atom is 0.387 e. The van der Waals surface area contributed by atoms with E-state index in [2.05, 4.69) is 9.72 Å². The Morgan fingerprint density at radius 1 is 1.15 bits per heavy atom. The van der Waals surface area contributed by atoms with Crippen LogP contribution in [0.2, 0.25) is 0 Å². The summed E-state index contributed by atoms with van der Waals surface area (Å²) in [5.74, 6) is -0.112. The maximum atomic E-state index is 12.8. The molecule has 5 nitrogen and oxygen atoms in total. The van der Waals surface area contributed by atoms with Gasteiger partial charge in [-0.25, -0.2) is 4.98 Å². The summed E-state index contributed by atoms with van der Waals surface area (Å²) in [5.41, 5.74) is 2.08. The molecule has 1 amide bonds. The lowest BCUT2D eigenvalue weighted by atomic mass is 10.2. The molecular weight excluding hydrogens is 340 g/mol. The first-order valence-electron chi connectivity index (χ1n) is 7.91. The highest BCUT2D eigenvalue weighted by Crippen LogP contribution is 2.17. The average Bonchev–Trinajstić information content (AvgIpc) is 3.12. The Balaban J connectivity index is 1.72. The second-order valence-electron chi connectivity index (χ2n) is 5.67. The summed E-state index contributed by atoms with van der Waals surface area (Å²) in [5, 5.41) is 0. The van der Waals surface area contributed by atoms with Gasteiger partial charge in [-0.2, -0.15) is 8.78 Å². The van der Waals surface area contributed by atoms with Crippen LogP contribution in [0.15, 0.2) is 67.1 Å². The topological polar surface area (TPSA) is 47.4 Å². The average molecular weight is 357 g/mol. The fourth-order valence-corrected chi connectivity index (χ4v) is 2.57. The van der Waals surface area contributed by atoms with Gasteiger partial charge in [0.1, 0.15) is 11.4 Å². The Morgan fingerprint density at radius 3 is 2.50 bits per heavy atom. The van der Waals surface area contributed by atoms with Crippen molar-refractivity contribution in [2.45, 2.75) is 13.2 Å². The van der Waals surface area contributed by atoms with E-state index in [1.54, 1.807) is 35.0 Å². The third kappa shape index (κ3) is 4.05. The first-order chi connectivity index (χ1) is 12.5. The highest BCUT2D eigenvalue weighted by atomic mass is 19.3. The number of carbonyl (C=O) groups is 1. The zero-order chi connectivity index (χ0) is 18.5. The molecule has 3 rings (SSSR count). The normalized spacial score (nSPS) is 10.8. The molecule has 0 fully saturated rings. The van der Waals surface area contributed by atoms with Crippen LogP contribution < -0.4 is 4.74 Å². The third-order valence-corrected chi connectivity index (χ3v) is 3.81. The first kappa shape index (κ1) is 17.6. The Hall–Kier alpha value is -3.22. The van der Waals surface area contributed by atoms with E-state index in [9.17, 15) is 13.6 Å². The van der Waals surface area contributed by atoms with Gasteiger partial charge in [0.15, 0.2) is 0 Å².